The maximum Gasteiger partial charge on any atom is 0.120 e. The zero-order valence-electron chi connectivity index (χ0n) is 13.2. The van der Waals surface area contributed by atoms with E-state index in [0.717, 1.165) is 5.75 Å². The van der Waals surface area contributed by atoms with Crippen LogP contribution in [-0.4, -0.2) is 17.7 Å². The Balaban J connectivity index is 2.67. The van der Waals surface area contributed by atoms with Gasteiger partial charge >= 0.3 is 0 Å². The third-order valence-electron chi connectivity index (χ3n) is 4.25. The first-order chi connectivity index (χ1) is 9.51. The number of nitrogens with two attached hydrogens (primary N) is 1. The van der Waals surface area contributed by atoms with Crippen molar-refractivity contribution in [2.24, 2.45) is 18.7 Å². The lowest BCUT2D eigenvalue weighted by molar-refractivity contribution is 0.340. The molecule has 0 aliphatic heterocycles. The molecule has 0 aliphatic carbocycles. The molecule has 2 rings (SSSR count). The van der Waals surface area contributed by atoms with Crippen LogP contribution in [0.3, 0.4) is 0 Å². The van der Waals surface area contributed by atoms with Gasteiger partial charge in [-0.1, -0.05) is 13.8 Å². The molecule has 3 nitrogen and oxygen atoms in total. The van der Waals surface area contributed by atoms with E-state index in [-0.39, 0.29) is 0 Å². The maximum atomic E-state index is 6.03. The topological polar surface area (TPSA) is 40.2 Å². The molecule has 0 saturated carbocycles. The van der Waals surface area contributed by atoms with Gasteiger partial charge in [0.05, 0.1) is 6.61 Å². The molecule has 1 heterocycles. The molecule has 110 valence electrons. The van der Waals surface area contributed by atoms with Crippen molar-refractivity contribution < 1.29 is 4.74 Å². The van der Waals surface area contributed by atoms with Gasteiger partial charge in [0.1, 0.15) is 5.75 Å². The molecule has 20 heavy (non-hydrogen) atoms. The fraction of sp³-hybridized carbons (Fsp3) is 0.529. The molecule has 2 aromatic rings. The zero-order valence-corrected chi connectivity index (χ0v) is 13.2. The molecule has 3 heteroatoms. The van der Waals surface area contributed by atoms with Gasteiger partial charge in [0, 0.05) is 29.6 Å². The summed E-state index contributed by atoms with van der Waals surface area (Å²) in [7, 11) is 2.12. The minimum Gasteiger partial charge on any atom is -0.494 e. The minimum atomic E-state index is 0.385. The van der Waals surface area contributed by atoms with E-state index in [2.05, 4.69) is 44.5 Å². The number of nitrogens with zero attached hydrogens (tertiary/aromatic N) is 1. The van der Waals surface area contributed by atoms with Crippen LogP contribution in [0, 0.1) is 12.8 Å². The predicted octanol–water partition coefficient (Wildman–Crippen LogP) is 3.58. The van der Waals surface area contributed by atoms with E-state index >= 15 is 0 Å². The van der Waals surface area contributed by atoms with Crippen molar-refractivity contribution in [3.05, 3.63) is 29.5 Å². The molecule has 0 saturated heterocycles. The highest BCUT2D eigenvalue weighted by Crippen LogP contribution is 2.36. The summed E-state index contributed by atoms with van der Waals surface area (Å²) >= 11 is 0. The van der Waals surface area contributed by atoms with Crippen LogP contribution < -0.4 is 10.5 Å². The predicted molar refractivity (Wildman–Crippen MR) is 85.5 cm³/mol. The normalized spacial score (nSPS) is 13.2. The van der Waals surface area contributed by atoms with Crippen molar-refractivity contribution in [2.75, 3.05) is 13.2 Å². The van der Waals surface area contributed by atoms with Crippen molar-refractivity contribution >= 4 is 10.9 Å². The van der Waals surface area contributed by atoms with Crippen LogP contribution in [0.25, 0.3) is 10.9 Å². The summed E-state index contributed by atoms with van der Waals surface area (Å²) in [4.78, 5) is 0. The van der Waals surface area contributed by atoms with Crippen molar-refractivity contribution in [2.45, 2.75) is 33.6 Å². The number of hydrogen-bond acceptors (Lipinski definition) is 2. The van der Waals surface area contributed by atoms with Crippen LogP contribution in [0.1, 0.15) is 37.9 Å². The van der Waals surface area contributed by atoms with Gasteiger partial charge in [0.25, 0.3) is 0 Å². The Morgan fingerprint density at radius 2 is 2.00 bits per heavy atom. The van der Waals surface area contributed by atoms with Crippen LogP contribution >= 0.6 is 0 Å². The van der Waals surface area contributed by atoms with Gasteiger partial charge in [-0.25, -0.2) is 0 Å². The van der Waals surface area contributed by atoms with Gasteiger partial charge in [-0.15, -0.1) is 0 Å². The van der Waals surface area contributed by atoms with E-state index < -0.39 is 0 Å². The van der Waals surface area contributed by atoms with Gasteiger partial charge in [-0.2, -0.15) is 0 Å². The Bertz CT molecular complexity index is 599. The first-order valence-electron chi connectivity index (χ1n) is 7.43. The van der Waals surface area contributed by atoms with Crippen molar-refractivity contribution in [3.63, 3.8) is 0 Å². The quantitative estimate of drug-likeness (QED) is 0.905. The molecular weight excluding hydrogens is 248 g/mol. The van der Waals surface area contributed by atoms with Gasteiger partial charge < -0.3 is 15.0 Å². The van der Waals surface area contributed by atoms with Crippen LogP contribution in [0.4, 0.5) is 0 Å². The Morgan fingerprint density at radius 3 is 2.55 bits per heavy atom. The van der Waals surface area contributed by atoms with Crippen molar-refractivity contribution in [1.29, 1.82) is 0 Å². The van der Waals surface area contributed by atoms with Crippen LogP contribution in [0.5, 0.6) is 5.75 Å². The second-order valence-electron chi connectivity index (χ2n) is 5.76. The Morgan fingerprint density at radius 1 is 1.30 bits per heavy atom. The van der Waals surface area contributed by atoms with Gasteiger partial charge in [0.15, 0.2) is 0 Å². The SMILES string of the molecule is CCOc1ccc2c(c1)c(C(CN)C(C)C)c(C)n2C. The van der Waals surface area contributed by atoms with E-state index in [4.69, 9.17) is 10.5 Å². The standard InChI is InChI=1S/C17H26N2O/c1-6-20-13-7-8-16-14(9-13)17(12(4)19(16)5)15(10-18)11(2)3/h7-9,11,15H,6,10,18H2,1-5H3. The number of hydrogen-bond donors (Lipinski definition) is 1. The summed E-state index contributed by atoms with van der Waals surface area (Å²) in [5, 5.41) is 1.28. The maximum absolute atomic E-state index is 6.03. The van der Waals surface area contributed by atoms with Crippen LogP contribution in [0.15, 0.2) is 18.2 Å². The molecule has 0 amide bonds. The molecule has 1 unspecified atom stereocenters. The first kappa shape index (κ1) is 14.9. The summed E-state index contributed by atoms with van der Waals surface area (Å²) in [6.45, 7) is 10.0. The molecular formula is C17H26N2O. The van der Waals surface area contributed by atoms with Crippen molar-refractivity contribution in [3.8, 4) is 5.75 Å². The second-order valence-corrected chi connectivity index (χ2v) is 5.76. The highest BCUT2D eigenvalue weighted by molar-refractivity contribution is 5.87. The third-order valence-corrected chi connectivity index (χ3v) is 4.25. The molecule has 0 fully saturated rings. The largest absolute Gasteiger partial charge is 0.494 e. The molecule has 0 aliphatic rings. The lowest BCUT2D eigenvalue weighted by Crippen LogP contribution is -2.18. The number of rotatable bonds is 5. The van der Waals surface area contributed by atoms with Crippen LogP contribution in [-0.2, 0) is 7.05 Å². The van der Waals surface area contributed by atoms with Crippen LogP contribution in [0.2, 0.25) is 0 Å². The minimum absolute atomic E-state index is 0.385. The van der Waals surface area contributed by atoms with E-state index in [1.54, 1.807) is 0 Å². The molecule has 1 atom stereocenters. The molecule has 2 N–H and O–H groups in total. The highest BCUT2D eigenvalue weighted by Gasteiger charge is 2.22. The molecule has 1 aromatic carbocycles. The van der Waals surface area contributed by atoms with Crippen molar-refractivity contribution in [1.82, 2.24) is 4.57 Å². The zero-order chi connectivity index (χ0) is 14.9. The molecule has 1 aromatic heterocycles. The summed E-state index contributed by atoms with van der Waals surface area (Å²) in [6, 6.07) is 6.35. The summed E-state index contributed by atoms with van der Waals surface area (Å²) in [5.74, 6) is 1.85. The van der Waals surface area contributed by atoms with Gasteiger partial charge in [-0.05, 0) is 50.1 Å². The third kappa shape index (κ3) is 2.42. The number of ether oxygens (including phenoxy) is 1. The lowest BCUT2D eigenvalue weighted by atomic mass is 9.86. The Labute approximate surface area is 121 Å². The second kappa shape index (κ2) is 5.88. The van der Waals surface area contributed by atoms with Gasteiger partial charge in [-0.3, -0.25) is 0 Å². The summed E-state index contributed by atoms with van der Waals surface area (Å²) in [6.07, 6.45) is 0. The van der Waals surface area contributed by atoms with Gasteiger partial charge in [0.2, 0.25) is 0 Å². The number of benzene rings is 1. The average Bonchev–Trinajstić information content (AvgIpc) is 2.65. The number of fused-ring (bicyclic) bond motifs is 1. The van der Waals surface area contributed by atoms with E-state index in [1.165, 1.54) is 22.2 Å². The number of aromatic nitrogens is 1. The van der Waals surface area contributed by atoms with E-state index in [9.17, 15) is 0 Å². The monoisotopic (exact) mass is 274 g/mol. The fourth-order valence-electron chi connectivity index (χ4n) is 3.03. The Hall–Kier alpha value is -1.48. The highest BCUT2D eigenvalue weighted by atomic mass is 16.5. The lowest BCUT2D eigenvalue weighted by Gasteiger charge is -2.20. The average molecular weight is 274 g/mol. The summed E-state index contributed by atoms with van der Waals surface area (Å²) < 4.78 is 7.91. The van der Waals surface area contributed by atoms with E-state index in [0.29, 0.717) is 25.0 Å². The fourth-order valence-corrected chi connectivity index (χ4v) is 3.03. The first-order valence-corrected chi connectivity index (χ1v) is 7.43. The molecule has 0 spiro atoms. The number of aryl methyl sites for hydroxylation is 1. The Kier molecular flexibility index (Phi) is 4.39. The van der Waals surface area contributed by atoms with E-state index in [1.807, 2.05) is 13.0 Å². The summed E-state index contributed by atoms with van der Waals surface area (Å²) in [5.41, 5.74) is 9.96. The molecule has 0 radical (unpaired) electrons. The molecule has 0 bridgehead atoms. The smallest absolute Gasteiger partial charge is 0.120 e.